The molecule has 2 aromatic heterocycles. The highest BCUT2D eigenvalue weighted by Crippen LogP contribution is 2.42. The topological polar surface area (TPSA) is 152 Å². The largest absolute Gasteiger partial charge is 0.366 e. The molecule has 2 aliphatic carbocycles. The van der Waals surface area contributed by atoms with Crippen LogP contribution < -0.4 is 11.5 Å². The SMILES string of the molecule is C=CC(=O)C[C@H]1CCC[C@@H](c2ccc(C(N)=O)c3[nH]ccc23)C1.C=CC(=O)C[C@H]1CCC[C@H](c2ccc(C(N)=O)c3[nH]ccc23)C1. The Bertz CT molecular complexity index is 1650. The maximum atomic E-state index is 11.6. The van der Waals surface area contributed by atoms with E-state index in [0.29, 0.717) is 47.6 Å². The van der Waals surface area contributed by atoms with Crippen LogP contribution in [0.3, 0.4) is 0 Å². The molecule has 8 heteroatoms. The minimum absolute atomic E-state index is 0.131. The van der Waals surface area contributed by atoms with Crippen LogP contribution in [-0.4, -0.2) is 33.3 Å². The summed E-state index contributed by atoms with van der Waals surface area (Å²) in [6.07, 6.45) is 16.5. The lowest BCUT2D eigenvalue weighted by molar-refractivity contribution is -0.116. The van der Waals surface area contributed by atoms with Crippen molar-refractivity contribution in [3.05, 3.63) is 96.4 Å². The normalized spacial score (nSPS) is 21.2. The van der Waals surface area contributed by atoms with Crippen molar-refractivity contribution in [1.29, 1.82) is 0 Å². The van der Waals surface area contributed by atoms with Crippen LogP contribution in [0.15, 0.2) is 74.1 Å². The van der Waals surface area contributed by atoms with Gasteiger partial charge in [0.15, 0.2) is 11.6 Å². The van der Waals surface area contributed by atoms with E-state index in [4.69, 9.17) is 11.5 Å². The number of nitrogens with two attached hydrogens (primary N) is 2. The third kappa shape index (κ3) is 7.22. The molecule has 2 aliphatic rings. The summed E-state index contributed by atoms with van der Waals surface area (Å²) in [6.45, 7) is 7.13. The summed E-state index contributed by atoms with van der Waals surface area (Å²) in [7, 11) is 0. The van der Waals surface area contributed by atoms with Crippen LogP contribution in [0.4, 0.5) is 0 Å². The minimum atomic E-state index is -0.415. The number of hydrogen-bond donors (Lipinski definition) is 4. The van der Waals surface area contributed by atoms with E-state index in [2.05, 4.69) is 23.1 Å². The first-order chi connectivity index (χ1) is 22.2. The molecule has 2 aromatic carbocycles. The fourth-order valence-corrected chi connectivity index (χ4v) is 7.73. The van der Waals surface area contributed by atoms with Gasteiger partial charge in [-0.2, -0.15) is 0 Å². The standard InChI is InChI=1S/2C19H22N2O2/c2*1-2-14(22)11-12-4-3-5-13(10-12)15-6-7-17(19(20)23)18-16(15)8-9-21-18/h2*2,6-9,12-13,21H,1,3-5,10-11H2,(H2,20,23)/t12-,13+;12-,13-/m00/s1. The molecule has 46 heavy (non-hydrogen) atoms. The number of rotatable bonds is 10. The van der Waals surface area contributed by atoms with Crippen LogP contribution in [0.2, 0.25) is 0 Å². The highest BCUT2D eigenvalue weighted by molar-refractivity contribution is 6.06. The summed E-state index contributed by atoms with van der Waals surface area (Å²) in [5.74, 6) is 1.12. The lowest BCUT2D eigenvalue weighted by atomic mass is 9.75. The van der Waals surface area contributed by atoms with Crippen LogP contribution in [-0.2, 0) is 9.59 Å². The highest BCUT2D eigenvalue weighted by Gasteiger charge is 2.28. The molecule has 4 aromatic rings. The molecule has 0 radical (unpaired) electrons. The first-order valence-electron chi connectivity index (χ1n) is 16.3. The number of ketones is 2. The number of amides is 2. The smallest absolute Gasteiger partial charge is 0.250 e. The summed E-state index contributed by atoms with van der Waals surface area (Å²) >= 11 is 0. The molecule has 0 aliphatic heterocycles. The summed E-state index contributed by atoms with van der Waals surface area (Å²) in [4.78, 5) is 52.7. The fourth-order valence-electron chi connectivity index (χ4n) is 7.73. The second-order valence-corrected chi connectivity index (χ2v) is 12.9. The Morgan fingerprint density at radius 1 is 0.652 bits per heavy atom. The number of carbonyl (C=O) groups is 4. The molecule has 6 rings (SSSR count). The number of primary amides is 2. The van der Waals surface area contributed by atoms with E-state index >= 15 is 0 Å². The van der Waals surface area contributed by atoms with Crippen molar-refractivity contribution in [2.24, 2.45) is 23.3 Å². The van der Waals surface area contributed by atoms with Gasteiger partial charge in [0.1, 0.15) is 0 Å². The zero-order valence-corrected chi connectivity index (χ0v) is 26.4. The summed E-state index contributed by atoms with van der Waals surface area (Å²) in [5, 5.41) is 2.14. The molecule has 2 heterocycles. The summed E-state index contributed by atoms with van der Waals surface area (Å²) < 4.78 is 0. The molecule has 2 amide bonds. The van der Waals surface area contributed by atoms with Crippen molar-refractivity contribution in [2.45, 2.75) is 76.0 Å². The molecule has 6 N–H and O–H groups in total. The second-order valence-electron chi connectivity index (χ2n) is 12.9. The number of carbonyl (C=O) groups excluding carboxylic acids is 4. The van der Waals surface area contributed by atoms with Gasteiger partial charge in [0.2, 0.25) is 0 Å². The number of aromatic nitrogens is 2. The van der Waals surface area contributed by atoms with E-state index in [1.807, 2.05) is 48.8 Å². The van der Waals surface area contributed by atoms with Gasteiger partial charge in [0, 0.05) is 36.0 Å². The van der Waals surface area contributed by atoms with Crippen molar-refractivity contribution in [1.82, 2.24) is 9.97 Å². The average Bonchev–Trinajstić information content (AvgIpc) is 3.75. The monoisotopic (exact) mass is 620 g/mol. The maximum Gasteiger partial charge on any atom is 0.250 e. The Labute approximate surface area is 269 Å². The van der Waals surface area contributed by atoms with Crippen LogP contribution in [0.5, 0.6) is 0 Å². The lowest BCUT2D eigenvalue weighted by Gasteiger charge is -2.29. The Morgan fingerprint density at radius 2 is 1.07 bits per heavy atom. The third-order valence-electron chi connectivity index (χ3n) is 9.93. The number of nitrogens with one attached hydrogen (secondary N) is 2. The van der Waals surface area contributed by atoms with Crippen LogP contribution in [0.1, 0.15) is 108 Å². The Hall–Kier alpha value is -4.72. The fraction of sp³-hybridized carbons (Fsp3) is 0.368. The third-order valence-corrected chi connectivity index (χ3v) is 9.93. The number of fused-ring (bicyclic) bond motifs is 2. The number of hydrogen-bond acceptors (Lipinski definition) is 4. The molecule has 4 atom stereocenters. The van der Waals surface area contributed by atoms with Crippen LogP contribution >= 0.6 is 0 Å². The van der Waals surface area contributed by atoms with Gasteiger partial charge < -0.3 is 21.4 Å². The van der Waals surface area contributed by atoms with E-state index < -0.39 is 11.8 Å². The van der Waals surface area contributed by atoms with Gasteiger partial charge in [-0.15, -0.1) is 0 Å². The minimum Gasteiger partial charge on any atom is -0.366 e. The number of H-pyrrole nitrogens is 2. The predicted molar refractivity (Wildman–Crippen MR) is 183 cm³/mol. The summed E-state index contributed by atoms with van der Waals surface area (Å²) in [6, 6.07) is 11.7. The molecule has 0 saturated heterocycles. The first-order valence-corrected chi connectivity index (χ1v) is 16.3. The van der Waals surface area contributed by atoms with Crippen LogP contribution in [0.25, 0.3) is 21.8 Å². The quantitative estimate of drug-likeness (QED) is 0.137. The molecular weight excluding hydrogens is 576 g/mol. The zero-order valence-electron chi connectivity index (χ0n) is 26.4. The number of benzene rings is 2. The van der Waals surface area contributed by atoms with Gasteiger partial charge in [-0.3, -0.25) is 19.2 Å². The highest BCUT2D eigenvalue weighted by atomic mass is 16.1. The molecule has 0 unspecified atom stereocenters. The zero-order chi connectivity index (χ0) is 32.8. The Kier molecular flexibility index (Phi) is 10.4. The number of aromatic amines is 2. The Balaban J connectivity index is 0.000000181. The first kappa shape index (κ1) is 32.7. The molecular formula is C38H44N4O4. The van der Waals surface area contributed by atoms with E-state index in [-0.39, 0.29) is 11.6 Å². The predicted octanol–water partition coefficient (Wildman–Crippen LogP) is 7.37. The van der Waals surface area contributed by atoms with E-state index in [9.17, 15) is 19.2 Å². The van der Waals surface area contributed by atoms with Crippen LogP contribution in [0, 0.1) is 11.8 Å². The van der Waals surface area contributed by atoms with Gasteiger partial charge in [-0.25, -0.2) is 0 Å². The van der Waals surface area contributed by atoms with E-state index in [0.717, 1.165) is 73.2 Å². The molecule has 8 nitrogen and oxygen atoms in total. The number of allylic oxidation sites excluding steroid dienone is 2. The van der Waals surface area contributed by atoms with Gasteiger partial charge in [-0.05, 0) is 110 Å². The van der Waals surface area contributed by atoms with Crippen molar-refractivity contribution < 1.29 is 19.2 Å². The second kappa shape index (κ2) is 14.6. The average molecular weight is 621 g/mol. The lowest BCUT2D eigenvalue weighted by Crippen LogP contribution is -2.17. The van der Waals surface area contributed by atoms with Crippen molar-refractivity contribution in [2.75, 3.05) is 0 Å². The van der Waals surface area contributed by atoms with Gasteiger partial charge >= 0.3 is 0 Å². The van der Waals surface area contributed by atoms with Gasteiger partial charge in [0.05, 0.1) is 22.2 Å². The maximum absolute atomic E-state index is 11.6. The van der Waals surface area contributed by atoms with Crippen molar-refractivity contribution >= 4 is 45.2 Å². The molecule has 0 bridgehead atoms. The molecule has 240 valence electrons. The molecule has 2 saturated carbocycles. The van der Waals surface area contributed by atoms with Crippen molar-refractivity contribution in [3.8, 4) is 0 Å². The van der Waals surface area contributed by atoms with Crippen molar-refractivity contribution in [3.63, 3.8) is 0 Å². The van der Waals surface area contributed by atoms with E-state index in [1.165, 1.54) is 23.3 Å². The Morgan fingerprint density at radius 3 is 1.43 bits per heavy atom. The van der Waals surface area contributed by atoms with Gasteiger partial charge in [0.25, 0.3) is 11.8 Å². The summed E-state index contributed by atoms with van der Waals surface area (Å²) in [5.41, 5.74) is 16.1. The molecule has 0 spiro atoms. The molecule has 2 fully saturated rings. The van der Waals surface area contributed by atoms with E-state index in [1.54, 1.807) is 0 Å². The van der Waals surface area contributed by atoms with Gasteiger partial charge in [-0.1, -0.05) is 38.1 Å².